The van der Waals surface area contributed by atoms with Crippen molar-refractivity contribution in [1.82, 2.24) is 0 Å². The molecule has 1 aromatic rings. The number of methoxy groups -OCH3 is 1. The van der Waals surface area contributed by atoms with Gasteiger partial charge < -0.3 is 14.2 Å². The van der Waals surface area contributed by atoms with E-state index in [1.165, 1.54) is 0 Å². The molecule has 0 radical (unpaired) electrons. The number of hydrogen-bond acceptors (Lipinski definition) is 5. The largest absolute Gasteiger partial charge is 0.492 e. The molecule has 0 amide bonds. The molecule has 0 bridgehead atoms. The maximum atomic E-state index is 10.5. The van der Waals surface area contributed by atoms with Gasteiger partial charge in [-0.2, -0.15) is 4.99 Å². The van der Waals surface area contributed by atoms with E-state index in [0.29, 0.717) is 30.5 Å². The van der Waals surface area contributed by atoms with Crippen molar-refractivity contribution in [2.45, 2.75) is 18.4 Å². The summed E-state index contributed by atoms with van der Waals surface area (Å²) in [7, 11) is 1.58. The summed E-state index contributed by atoms with van der Waals surface area (Å²) in [6.07, 6.45) is 3.31. The van der Waals surface area contributed by atoms with Crippen LogP contribution in [0.2, 0.25) is 0 Å². The summed E-state index contributed by atoms with van der Waals surface area (Å²) in [5, 5.41) is 0. The van der Waals surface area contributed by atoms with E-state index in [9.17, 15) is 4.79 Å². The summed E-state index contributed by atoms with van der Waals surface area (Å²) in [5.41, 5.74) is 0.403. The number of hydrogen-bond donors (Lipinski definition) is 0. The van der Waals surface area contributed by atoms with Crippen molar-refractivity contribution in [1.29, 1.82) is 0 Å². The summed E-state index contributed by atoms with van der Waals surface area (Å²) in [6, 6.07) is 3.73. The van der Waals surface area contributed by atoms with Gasteiger partial charge in [0.25, 0.3) is 0 Å². The highest BCUT2D eigenvalue weighted by atomic mass is 16.6. The molecule has 1 aliphatic carbocycles. The van der Waals surface area contributed by atoms with Crippen LogP contribution in [0.4, 0.5) is 0 Å². The van der Waals surface area contributed by atoms with Crippen molar-refractivity contribution in [2.75, 3.05) is 20.3 Å². The Hall–Kier alpha value is -2.00. The standard InChI is InChI=1S/C13H13NO4/c1-16-11-9(13(4-5-13)14-8-15)2-3-10-12(11)18-7-6-17-10/h2-3H,4-7H2,1H3. The quantitative estimate of drug-likeness (QED) is 0.603. The van der Waals surface area contributed by atoms with Crippen molar-refractivity contribution >= 4 is 6.08 Å². The van der Waals surface area contributed by atoms with E-state index in [4.69, 9.17) is 14.2 Å². The zero-order valence-corrected chi connectivity index (χ0v) is 10.1. The van der Waals surface area contributed by atoms with Crippen LogP contribution in [-0.2, 0) is 10.3 Å². The van der Waals surface area contributed by atoms with E-state index >= 15 is 0 Å². The van der Waals surface area contributed by atoms with Crippen molar-refractivity contribution < 1.29 is 19.0 Å². The molecule has 18 heavy (non-hydrogen) atoms. The lowest BCUT2D eigenvalue weighted by atomic mass is 10.0. The molecule has 0 spiro atoms. The predicted octanol–water partition coefficient (Wildman–Crippen LogP) is 1.79. The number of rotatable bonds is 3. The predicted molar refractivity (Wildman–Crippen MR) is 63.0 cm³/mol. The molecule has 1 saturated carbocycles. The number of isocyanates is 1. The van der Waals surface area contributed by atoms with Crippen molar-refractivity contribution in [3.8, 4) is 17.2 Å². The van der Waals surface area contributed by atoms with Crippen LogP contribution in [0.1, 0.15) is 18.4 Å². The fourth-order valence-corrected chi connectivity index (χ4v) is 2.31. The van der Waals surface area contributed by atoms with Crippen LogP contribution in [0.5, 0.6) is 17.2 Å². The van der Waals surface area contributed by atoms with Gasteiger partial charge in [0, 0.05) is 5.56 Å². The maximum Gasteiger partial charge on any atom is 0.235 e. The molecule has 0 N–H and O–H groups in total. The first-order valence-electron chi connectivity index (χ1n) is 5.87. The van der Waals surface area contributed by atoms with Crippen LogP contribution in [0.3, 0.4) is 0 Å². The van der Waals surface area contributed by atoms with Gasteiger partial charge in [0.15, 0.2) is 11.5 Å². The van der Waals surface area contributed by atoms with Gasteiger partial charge in [-0.1, -0.05) is 0 Å². The van der Waals surface area contributed by atoms with E-state index in [0.717, 1.165) is 18.4 Å². The second kappa shape index (κ2) is 4.03. The third-order valence-electron chi connectivity index (χ3n) is 3.35. The number of aliphatic imine (C=N–C) groups is 1. The molecule has 0 atom stereocenters. The van der Waals surface area contributed by atoms with E-state index in [1.807, 2.05) is 12.1 Å². The minimum Gasteiger partial charge on any atom is -0.492 e. The average Bonchev–Trinajstić information content (AvgIpc) is 3.18. The van der Waals surface area contributed by atoms with E-state index < -0.39 is 5.54 Å². The third kappa shape index (κ3) is 1.56. The molecular formula is C13H13NO4. The lowest BCUT2D eigenvalue weighted by molar-refractivity contribution is 0.164. The highest BCUT2D eigenvalue weighted by molar-refractivity contribution is 5.60. The molecule has 1 fully saturated rings. The van der Waals surface area contributed by atoms with Gasteiger partial charge in [0.2, 0.25) is 11.8 Å². The van der Waals surface area contributed by atoms with Gasteiger partial charge in [-0.3, -0.25) is 0 Å². The fourth-order valence-electron chi connectivity index (χ4n) is 2.31. The summed E-state index contributed by atoms with van der Waals surface area (Å²) in [6.45, 7) is 1.03. The Bertz CT molecular complexity index is 530. The van der Waals surface area contributed by atoms with Gasteiger partial charge in [-0.25, -0.2) is 4.79 Å². The summed E-state index contributed by atoms with van der Waals surface area (Å²) >= 11 is 0. The van der Waals surface area contributed by atoms with Crippen LogP contribution < -0.4 is 14.2 Å². The minimum absolute atomic E-state index is 0.469. The van der Waals surface area contributed by atoms with Crippen molar-refractivity contribution in [2.24, 2.45) is 4.99 Å². The summed E-state index contributed by atoms with van der Waals surface area (Å²) < 4.78 is 16.5. The Labute approximate surface area is 104 Å². The second-order valence-corrected chi connectivity index (χ2v) is 4.41. The number of ether oxygens (including phenoxy) is 3. The average molecular weight is 247 g/mol. The fraction of sp³-hybridized carbons (Fsp3) is 0.462. The highest BCUT2D eigenvalue weighted by Crippen LogP contribution is 2.56. The molecule has 0 saturated heterocycles. The zero-order chi connectivity index (χ0) is 12.6. The molecule has 5 nitrogen and oxygen atoms in total. The highest BCUT2D eigenvalue weighted by Gasteiger charge is 2.48. The van der Waals surface area contributed by atoms with Gasteiger partial charge in [-0.05, 0) is 25.0 Å². The molecule has 0 aromatic heterocycles. The number of fused-ring (bicyclic) bond motifs is 1. The van der Waals surface area contributed by atoms with E-state index in [2.05, 4.69) is 4.99 Å². The zero-order valence-electron chi connectivity index (χ0n) is 10.1. The smallest absolute Gasteiger partial charge is 0.235 e. The van der Waals surface area contributed by atoms with Gasteiger partial charge >= 0.3 is 0 Å². The second-order valence-electron chi connectivity index (χ2n) is 4.41. The van der Waals surface area contributed by atoms with Gasteiger partial charge in [-0.15, -0.1) is 0 Å². The topological polar surface area (TPSA) is 57.1 Å². The Morgan fingerprint density at radius 1 is 1.33 bits per heavy atom. The molecule has 5 heteroatoms. The first kappa shape index (κ1) is 11.1. The molecule has 94 valence electrons. The van der Waals surface area contributed by atoms with E-state index in [1.54, 1.807) is 13.2 Å². The Morgan fingerprint density at radius 2 is 2.11 bits per heavy atom. The first-order valence-corrected chi connectivity index (χ1v) is 5.87. The molecule has 1 aliphatic heterocycles. The third-order valence-corrected chi connectivity index (χ3v) is 3.35. The van der Waals surface area contributed by atoms with Crippen LogP contribution in [-0.4, -0.2) is 26.4 Å². The number of nitrogens with zero attached hydrogens (tertiary/aromatic N) is 1. The normalized spacial score (nSPS) is 18.7. The Balaban J connectivity index is 2.13. The Morgan fingerprint density at radius 3 is 2.78 bits per heavy atom. The van der Waals surface area contributed by atoms with Crippen LogP contribution in [0, 0.1) is 0 Å². The molecule has 3 rings (SSSR count). The summed E-state index contributed by atoms with van der Waals surface area (Å²) in [4.78, 5) is 14.4. The first-order chi connectivity index (χ1) is 8.80. The van der Waals surface area contributed by atoms with Crippen molar-refractivity contribution in [3.63, 3.8) is 0 Å². The molecule has 1 aromatic carbocycles. The molecule has 0 unspecified atom stereocenters. The number of benzene rings is 1. The van der Waals surface area contributed by atoms with Crippen molar-refractivity contribution in [3.05, 3.63) is 17.7 Å². The Kier molecular flexibility index (Phi) is 2.49. The van der Waals surface area contributed by atoms with Crippen LogP contribution in [0.25, 0.3) is 0 Å². The number of carbonyl (C=O) groups excluding carboxylic acids is 1. The van der Waals surface area contributed by atoms with Gasteiger partial charge in [0.1, 0.15) is 18.8 Å². The van der Waals surface area contributed by atoms with Gasteiger partial charge in [0.05, 0.1) is 7.11 Å². The lowest BCUT2D eigenvalue weighted by Gasteiger charge is -2.23. The van der Waals surface area contributed by atoms with Crippen LogP contribution >= 0.6 is 0 Å². The molecule has 1 heterocycles. The molecule has 2 aliphatic rings. The minimum atomic E-state index is -0.469. The molecular weight excluding hydrogens is 234 g/mol. The monoisotopic (exact) mass is 247 g/mol. The SMILES string of the molecule is COc1c(C2(N=C=O)CC2)ccc2c1OCCO2. The van der Waals surface area contributed by atoms with Crippen LogP contribution in [0.15, 0.2) is 17.1 Å². The maximum absolute atomic E-state index is 10.5. The van der Waals surface area contributed by atoms with E-state index in [-0.39, 0.29) is 0 Å². The lowest BCUT2D eigenvalue weighted by Crippen LogP contribution is -2.17. The summed E-state index contributed by atoms with van der Waals surface area (Å²) in [5.74, 6) is 1.89.